The first-order valence-electron chi connectivity index (χ1n) is 6.70. The summed E-state index contributed by atoms with van der Waals surface area (Å²) in [6.45, 7) is 0.835. The Labute approximate surface area is 121 Å². The number of rotatable bonds is 3. The standard InChI is InChI=1S/C16H14N2OS/c1-2-5-14-12(4-1)10-13(19-14)11-18-8-7-17-16(18)15-6-3-9-20-15/h1-9,13H,10-11H2. The number of imidazole rings is 1. The van der Waals surface area contributed by atoms with Gasteiger partial charge in [-0.1, -0.05) is 24.3 Å². The van der Waals surface area contributed by atoms with Gasteiger partial charge in [0.1, 0.15) is 17.7 Å². The van der Waals surface area contributed by atoms with E-state index in [4.69, 9.17) is 4.74 Å². The van der Waals surface area contributed by atoms with E-state index in [9.17, 15) is 0 Å². The van der Waals surface area contributed by atoms with Crippen LogP contribution in [0.15, 0.2) is 54.2 Å². The number of hydrogen-bond acceptors (Lipinski definition) is 3. The van der Waals surface area contributed by atoms with Gasteiger partial charge in [0.05, 0.1) is 11.4 Å². The van der Waals surface area contributed by atoms with E-state index < -0.39 is 0 Å². The van der Waals surface area contributed by atoms with Crippen LogP contribution in [0.5, 0.6) is 5.75 Å². The van der Waals surface area contributed by atoms with Gasteiger partial charge in [0, 0.05) is 18.8 Å². The fraction of sp³-hybridized carbons (Fsp3) is 0.188. The number of ether oxygens (including phenoxy) is 1. The molecule has 1 unspecified atom stereocenters. The van der Waals surface area contributed by atoms with Crippen LogP contribution in [0.2, 0.25) is 0 Å². The van der Waals surface area contributed by atoms with E-state index >= 15 is 0 Å². The van der Waals surface area contributed by atoms with Crippen LogP contribution in [0.4, 0.5) is 0 Å². The van der Waals surface area contributed by atoms with Crippen molar-refractivity contribution in [1.29, 1.82) is 0 Å². The average Bonchev–Trinajstić information content (AvgIpc) is 3.18. The van der Waals surface area contributed by atoms with Crippen LogP contribution in [0, 0.1) is 0 Å². The third-order valence-corrected chi connectivity index (χ3v) is 4.44. The molecule has 3 heterocycles. The van der Waals surface area contributed by atoms with Crippen molar-refractivity contribution in [2.45, 2.75) is 19.1 Å². The van der Waals surface area contributed by atoms with E-state index in [0.717, 1.165) is 24.5 Å². The van der Waals surface area contributed by atoms with Crippen LogP contribution in [0.1, 0.15) is 5.56 Å². The second-order valence-corrected chi connectivity index (χ2v) is 5.88. The van der Waals surface area contributed by atoms with Gasteiger partial charge in [-0.2, -0.15) is 0 Å². The summed E-state index contributed by atoms with van der Waals surface area (Å²) in [6.07, 6.45) is 5.05. The number of fused-ring (bicyclic) bond motifs is 1. The van der Waals surface area contributed by atoms with Gasteiger partial charge in [0.25, 0.3) is 0 Å². The van der Waals surface area contributed by atoms with Crippen molar-refractivity contribution >= 4 is 11.3 Å². The minimum absolute atomic E-state index is 0.195. The zero-order chi connectivity index (χ0) is 13.4. The highest BCUT2D eigenvalue weighted by atomic mass is 32.1. The molecule has 0 aliphatic carbocycles. The normalized spacial score (nSPS) is 16.9. The van der Waals surface area contributed by atoms with Crippen molar-refractivity contribution in [2.75, 3.05) is 0 Å². The summed E-state index contributed by atoms with van der Waals surface area (Å²) in [5.74, 6) is 2.05. The summed E-state index contributed by atoms with van der Waals surface area (Å²) in [7, 11) is 0. The van der Waals surface area contributed by atoms with Crippen molar-refractivity contribution < 1.29 is 4.74 Å². The molecule has 0 radical (unpaired) electrons. The molecule has 1 aliphatic rings. The molecule has 0 fully saturated rings. The quantitative estimate of drug-likeness (QED) is 0.733. The van der Waals surface area contributed by atoms with Crippen molar-refractivity contribution in [3.63, 3.8) is 0 Å². The van der Waals surface area contributed by atoms with Gasteiger partial charge >= 0.3 is 0 Å². The van der Waals surface area contributed by atoms with Gasteiger partial charge < -0.3 is 9.30 Å². The molecule has 4 heteroatoms. The zero-order valence-electron chi connectivity index (χ0n) is 10.9. The maximum absolute atomic E-state index is 6.01. The lowest BCUT2D eigenvalue weighted by atomic mass is 10.1. The fourth-order valence-electron chi connectivity index (χ4n) is 2.66. The summed E-state index contributed by atoms with van der Waals surface area (Å²) in [6, 6.07) is 12.4. The Balaban J connectivity index is 1.56. The largest absolute Gasteiger partial charge is 0.488 e. The highest BCUT2D eigenvalue weighted by Gasteiger charge is 2.23. The van der Waals surface area contributed by atoms with Crippen LogP contribution in [0.3, 0.4) is 0 Å². The van der Waals surface area contributed by atoms with E-state index in [0.29, 0.717) is 0 Å². The minimum atomic E-state index is 0.195. The molecule has 0 amide bonds. The Morgan fingerprint density at radius 2 is 2.20 bits per heavy atom. The van der Waals surface area contributed by atoms with Gasteiger partial charge in [0.2, 0.25) is 0 Å². The molecule has 1 atom stereocenters. The average molecular weight is 282 g/mol. The molecule has 20 heavy (non-hydrogen) atoms. The molecule has 0 N–H and O–H groups in total. The van der Waals surface area contributed by atoms with Gasteiger partial charge in [-0.15, -0.1) is 11.3 Å². The fourth-order valence-corrected chi connectivity index (χ4v) is 3.40. The molecule has 100 valence electrons. The first-order valence-corrected chi connectivity index (χ1v) is 7.58. The van der Waals surface area contributed by atoms with Gasteiger partial charge in [-0.25, -0.2) is 4.98 Å². The summed E-state index contributed by atoms with van der Waals surface area (Å²) in [4.78, 5) is 5.67. The van der Waals surface area contributed by atoms with Crippen LogP contribution in [-0.2, 0) is 13.0 Å². The van der Waals surface area contributed by atoms with Crippen molar-refractivity contribution in [2.24, 2.45) is 0 Å². The van der Waals surface area contributed by atoms with Gasteiger partial charge in [-0.05, 0) is 23.1 Å². The second kappa shape index (κ2) is 4.80. The van der Waals surface area contributed by atoms with Crippen molar-refractivity contribution in [3.8, 4) is 16.5 Å². The SMILES string of the molecule is c1csc(-c2nccn2CC2Cc3ccccc3O2)c1. The van der Waals surface area contributed by atoms with Crippen LogP contribution >= 0.6 is 11.3 Å². The molecular formula is C16H14N2OS. The summed E-state index contributed by atoms with van der Waals surface area (Å²) >= 11 is 1.72. The predicted molar refractivity (Wildman–Crippen MR) is 80.1 cm³/mol. The first-order chi connectivity index (χ1) is 9.90. The molecule has 0 saturated carbocycles. The van der Waals surface area contributed by atoms with Crippen LogP contribution in [-0.4, -0.2) is 15.7 Å². The van der Waals surface area contributed by atoms with Crippen LogP contribution in [0.25, 0.3) is 10.7 Å². The number of nitrogens with zero attached hydrogens (tertiary/aromatic N) is 2. The lowest BCUT2D eigenvalue weighted by molar-refractivity contribution is 0.210. The minimum Gasteiger partial charge on any atom is -0.488 e. The Bertz CT molecular complexity index is 693. The lowest BCUT2D eigenvalue weighted by Crippen LogP contribution is -2.20. The van der Waals surface area contributed by atoms with Gasteiger partial charge in [0.15, 0.2) is 0 Å². The van der Waals surface area contributed by atoms with E-state index in [2.05, 4.69) is 39.2 Å². The molecule has 0 saturated heterocycles. The number of aromatic nitrogens is 2. The highest BCUT2D eigenvalue weighted by Crippen LogP contribution is 2.30. The summed E-state index contributed by atoms with van der Waals surface area (Å²) in [5.41, 5.74) is 1.30. The second-order valence-electron chi connectivity index (χ2n) is 4.93. The van der Waals surface area contributed by atoms with E-state index in [1.54, 1.807) is 11.3 Å². The molecule has 0 bridgehead atoms. The monoisotopic (exact) mass is 282 g/mol. The molecular weight excluding hydrogens is 268 g/mol. The van der Waals surface area contributed by atoms with Gasteiger partial charge in [-0.3, -0.25) is 0 Å². The van der Waals surface area contributed by atoms with E-state index in [1.807, 2.05) is 24.5 Å². The van der Waals surface area contributed by atoms with Crippen molar-refractivity contribution in [3.05, 3.63) is 59.7 Å². The Kier molecular flexibility index (Phi) is 2.81. The molecule has 4 rings (SSSR count). The van der Waals surface area contributed by atoms with E-state index in [-0.39, 0.29) is 6.10 Å². The van der Waals surface area contributed by atoms with Crippen LogP contribution < -0.4 is 4.74 Å². The third-order valence-electron chi connectivity index (χ3n) is 3.57. The van der Waals surface area contributed by atoms with E-state index in [1.165, 1.54) is 10.4 Å². The molecule has 3 nitrogen and oxygen atoms in total. The first kappa shape index (κ1) is 11.7. The number of thiophene rings is 1. The third kappa shape index (κ3) is 2.02. The lowest BCUT2D eigenvalue weighted by Gasteiger charge is -2.13. The topological polar surface area (TPSA) is 27.1 Å². The zero-order valence-corrected chi connectivity index (χ0v) is 11.7. The molecule has 3 aromatic rings. The summed E-state index contributed by atoms with van der Waals surface area (Å²) in [5, 5.41) is 2.08. The smallest absolute Gasteiger partial charge is 0.150 e. The molecule has 2 aromatic heterocycles. The molecule has 1 aromatic carbocycles. The Morgan fingerprint density at radius 3 is 3.05 bits per heavy atom. The summed E-state index contributed by atoms with van der Waals surface area (Å²) < 4.78 is 8.19. The molecule has 0 spiro atoms. The molecule has 1 aliphatic heterocycles. The maximum Gasteiger partial charge on any atom is 0.150 e. The number of hydrogen-bond donors (Lipinski definition) is 0. The Morgan fingerprint density at radius 1 is 1.25 bits per heavy atom. The van der Waals surface area contributed by atoms with Crippen molar-refractivity contribution in [1.82, 2.24) is 9.55 Å². The predicted octanol–water partition coefficient (Wildman–Crippen LogP) is 3.62. The highest BCUT2D eigenvalue weighted by molar-refractivity contribution is 7.13. The maximum atomic E-state index is 6.01. The number of benzene rings is 1. The Hall–Kier alpha value is -2.07. The number of para-hydroxylation sites is 1.